The number of ether oxygens (including phenoxy) is 1. The van der Waals surface area contributed by atoms with Crippen molar-refractivity contribution in [2.24, 2.45) is 0 Å². The van der Waals surface area contributed by atoms with Crippen molar-refractivity contribution in [3.05, 3.63) is 41.5 Å². The van der Waals surface area contributed by atoms with Crippen molar-refractivity contribution in [3.8, 4) is 5.75 Å². The smallest absolute Gasteiger partial charge is 0.237 e. The summed E-state index contributed by atoms with van der Waals surface area (Å²) in [7, 11) is 0. The quantitative estimate of drug-likeness (QED) is 0.627. The number of piperazine rings is 1. The maximum absolute atomic E-state index is 12.5. The van der Waals surface area contributed by atoms with Gasteiger partial charge >= 0.3 is 0 Å². The molecule has 29 heavy (non-hydrogen) atoms. The van der Waals surface area contributed by atoms with E-state index >= 15 is 0 Å². The highest BCUT2D eigenvalue weighted by Gasteiger charge is 2.31. The molecule has 6 heteroatoms. The summed E-state index contributed by atoms with van der Waals surface area (Å²) in [6, 6.07) is 7.51. The lowest BCUT2D eigenvalue weighted by molar-refractivity contribution is -0.134. The maximum atomic E-state index is 12.5. The molecule has 0 spiro atoms. The minimum Gasteiger partial charge on any atom is -0.494 e. The first-order chi connectivity index (χ1) is 14.2. The molecular weight excluding hydrogens is 366 g/mol. The van der Waals surface area contributed by atoms with E-state index < -0.39 is 6.04 Å². The highest BCUT2D eigenvalue weighted by Crippen LogP contribution is 2.20. The third-order valence-electron chi connectivity index (χ3n) is 5.59. The molecule has 2 amide bonds. The SMILES string of the molecule is CCOc1ccc(CN2CCNC(=O)[C@@H]2CC(=O)NCCC2=CCCCC2)cc1. The fourth-order valence-corrected chi connectivity index (χ4v) is 4.01. The molecule has 0 unspecified atom stereocenters. The Morgan fingerprint density at radius 2 is 2.10 bits per heavy atom. The van der Waals surface area contributed by atoms with Gasteiger partial charge in [0, 0.05) is 26.2 Å². The van der Waals surface area contributed by atoms with Gasteiger partial charge in [-0.3, -0.25) is 14.5 Å². The second-order valence-corrected chi connectivity index (χ2v) is 7.77. The Bertz CT molecular complexity index is 715. The van der Waals surface area contributed by atoms with Crippen LogP contribution in [0, 0.1) is 0 Å². The van der Waals surface area contributed by atoms with Crippen molar-refractivity contribution in [1.82, 2.24) is 15.5 Å². The minimum atomic E-state index is -0.427. The van der Waals surface area contributed by atoms with Crippen LogP contribution in [-0.4, -0.2) is 49.0 Å². The molecule has 1 saturated heterocycles. The van der Waals surface area contributed by atoms with Crippen molar-refractivity contribution in [3.63, 3.8) is 0 Å². The summed E-state index contributed by atoms with van der Waals surface area (Å²) in [5.41, 5.74) is 2.56. The van der Waals surface area contributed by atoms with E-state index in [1.165, 1.54) is 18.4 Å². The van der Waals surface area contributed by atoms with Crippen molar-refractivity contribution in [2.45, 2.75) is 58.0 Å². The normalized spacial score (nSPS) is 20.0. The molecular formula is C23H33N3O3. The Balaban J connectivity index is 1.51. The van der Waals surface area contributed by atoms with Crippen molar-refractivity contribution in [1.29, 1.82) is 0 Å². The topological polar surface area (TPSA) is 70.7 Å². The number of nitrogens with one attached hydrogen (secondary N) is 2. The number of hydrogen-bond donors (Lipinski definition) is 2. The highest BCUT2D eigenvalue weighted by atomic mass is 16.5. The Kier molecular flexibility index (Phi) is 8.11. The first-order valence-electron chi connectivity index (χ1n) is 10.8. The number of hydrogen-bond acceptors (Lipinski definition) is 4. The van der Waals surface area contributed by atoms with Gasteiger partial charge in [0.25, 0.3) is 0 Å². The van der Waals surface area contributed by atoms with Crippen molar-refractivity contribution < 1.29 is 14.3 Å². The number of carbonyl (C=O) groups is 2. The van der Waals surface area contributed by atoms with Crippen LogP contribution < -0.4 is 15.4 Å². The number of rotatable bonds is 9. The van der Waals surface area contributed by atoms with Crippen LogP contribution in [-0.2, 0) is 16.1 Å². The van der Waals surface area contributed by atoms with Gasteiger partial charge in [0.2, 0.25) is 11.8 Å². The second-order valence-electron chi connectivity index (χ2n) is 7.77. The molecule has 1 aliphatic heterocycles. The molecule has 1 atom stereocenters. The van der Waals surface area contributed by atoms with Crippen molar-refractivity contribution in [2.75, 3.05) is 26.2 Å². The molecule has 1 aromatic carbocycles. The van der Waals surface area contributed by atoms with Gasteiger partial charge in [-0.2, -0.15) is 0 Å². The van der Waals surface area contributed by atoms with E-state index in [0.29, 0.717) is 26.2 Å². The number of allylic oxidation sites excluding steroid dienone is 1. The van der Waals surface area contributed by atoms with Crippen LogP contribution in [0.3, 0.4) is 0 Å². The lowest BCUT2D eigenvalue weighted by atomic mass is 9.97. The van der Waals surface area contributed by atoms with Crippen LogP contribution in [0.25, 0.3) is 0 Å². The molecule has 0 saturated carbocycles. The van der Waals surface area contributed by atoms with Gasteiger partial charge in [0.1, 0.15) is 5.75 Å². The molecule has 0 radical (unpaired) electrons. The van der Waals surface area contributed by atoms with E-state index in [0.717, 1.165) is 37.1 Å². The molecule has 1 aliphatic carbocycles. The zero-order valence-electron chi connectivity index (χ0n) is 17.4. The summed E-state index contributed by atoms with van der Waals surface area (Å²) < 4.78 is 5.49. The lowest BCUT2D eigenvalue weighted by Crippen LogP contribution is -2.56. The molecule has 1 heterocycles. The van der Waals surface area contributed by atoms with Crippen LogP contribution in [0.4, 0.5) is 0 Å². The van der Waals surface area contributed by atoms with Gasteiger partial charge in [-0.15, -0.1) is 0 Å². The molecule has 2 N–H and O–H groups in total. The molecule has 1 fully saturated rings. The third-order valence-corrected chi connectivity index (χ3v) is 5.59. The van der Waals surface area contributed by atoms with E-state index in [1.54, 1.807) is 0 Å². The third kappa shape index (κ3) is 6.60. The van der Waals surface area contributed by atoms with Gasteiger partial charge in [-0.05, 0) is 56.7 Å². The summed E-state index contributed by atoms with van der Waals surface area (Å²) in [5.74, 6) is 0.726. The predicted molar refractivity (Wildman–Crippen MR) is 114 cm³/mol. The summed E-state index contributed by atoms with van der Waals surface area (Å²) >= 11 is 0. The summed E-state index contributed by atoms with van der Waals surface area (Å²) in [4.78, 5) is 27.0. The van der Waals surface area contributed by atoms with E-state index in [4.69, 9.17) is 4.74 Å². The molecule has 6 nitrogen and oxygen atoms in total. The molecule has 0 aromatic heterocycles. The number of carbonyl (C=O) groups excluding carboxylic acids is 2. The summed E-state index contributed by atoms with van der Waals surface area (Å²) in [5, 5.41) is 5.90. The van der Waals surface area contributed by atoms with Crippen LogP contribution in [0.1, 0.15) is 51.0 Å². The number of nitrogens with zero attached hydrogens (tertiary/aromatic N) is 1. The summed E-state index contributed by atoms with van der Waals surface area (Å²) in [6.07, 6.45) is 8.26. The van der Waals surface area contributed by atoms with Crippen LogP contribution >= 0.6 is 0 Å². The van der Waals surface area contributed by atoms with E-state index in [2.05, 4.69) is 21.6 Å². The van der Waals surface area contributed by atoms with E-state index in [1.807, 2.05) is 31.2 Å². The van der Waals surface area contributed by atoms with Gasteiger partial charge in [-0.1, -0.05) is 23.8 Å². The van der Waals surface area contributed by atoms with Gasteiger partial charge < -0.3 is 15.4 Å². The van der Waals surface area contributed by atoms with Gasteiger partial charge in [0.05, 0.1) is 19.1 Å². The molecule has 1 aromatic rings. The fraction of sp³-hybridized carbons (Fsp3) is 0.565. The Morgan fingerprint density at radius 1 is 1.28 bits per heavy atom. The monoisotopic (exact) mass is 399 g/mol. The van der Waals surface area contributed by atoms with E-state index in [9.17, 15) is 9.59 Å². The molecule has 2 aliphatic rings. The minimum absolute atomic E-state index is 0.0554. The zero-order valence-corrected chi connectivity index (χ0v) is 17.4. The average Bonchev–Trinajstić information content (AvgIpc) is 2.73. The lowest BCUT2D eigenvalue weighted by Gasteiger charge is -2.34. The van der Waals surface area contributed by atoms with Gasteiger partial charge in [0.15, 0.2) is 0 Å². The summed E-state index contributed by atoms with van der Waals surface area (Å²) in [6.45, 7) is 5.25. The van der Waals surface area contributed by atoms with Gasteiger partial charge in [-0.25, -0.2) is 0 Å². The molecule has 158 valence electrons. The Hall–Kier alpha value is -2.34. The van der Waals surface area contributed by atoms with Crippen LogP contribution in [0.5, 0.6) is 5.75 Å². The predicted octanol–water partition coefficient (Wildman–Crippen LogP) is 2.78. The van der Waals surface area contributed by atoms with E-state index in [-0.39, 0.29) is 18.2 Å². The molecule has 0 bridgehead atoms. The Labute approximate surface area is 173 Å². The standard InChI is InChI=1S/C23H33N3O3/c1-2-29-20-10-8-19(9-11-20)17-26-15-14-25-23(28)21(26)16-22(27)24-13-12-18-6-4-3-5-7-18/h6,8-11,21H,2-5,7,12-17H2,1H3,(H,24,27)(H,25,28)/t21-/m0/s1. The zero-order chi connectivity index (χ0) is 20.5. The van der Waals surface area contributed by atoms with Crippen LogP contribution in [0.2, 0.25) is 0 Å². The second kappa shape index (κ2) is 11.0. The van der Waals surface area contributed by atoms with Crippen molar-refractivity contribution >= 4 is 11.8 Å². The maximum Gasteiger partial charge on any atom is 0.237 e. The largest absolute Gasteiger partial charge is 0.494 e. The number of benzene rings is 1. The fourth-order valence-electron chi connectivity index (χ4n) is 4.01. The number of amides is 2. The average molecular weight is 400 g/mol. The van der Waals surface area contributed by atoms with Crippen LogP contribution in [0.15, 0.2) is 35.9 Å². The first-order valence-corrected chi connectivity index (χ1v) is 10.8. The Morgan fingerprint density at radius 3 is 2.83 bits per heavy atom. The molecule has 3 rings (SSSR count). The first kappa shape index (κ1) is 21.4. The highest BCUT2D eigenvalue weighted by molar-refractivity contribution is 5.88.